The molecule has 0 bridgehead atoms. The molecule has 2 heterocycles. The fourth-order valence-corrected chi connectivity index (χ4v) is 4.52. The number of aliphatic imine (C=N–C) groups is 1. The predicted molar refractivity (Wildman–Crippen MR) is 124 cm³/mol. The van der Waals surface area contributed by atoms with Crippen LogP contribution in [0.3, 0.4) is 0 Å². The maximum atomic E-state index is 13.0. The lowest BCUT2D eigenvalue weighted by Gasteiger charge is -2.16. The van der Waals surface area contributed by atoms with Gasteiger partial charge in [-0.1, -0.05) is 17.8 Å². The lowest BCUT2D eigenvalue weighted by molar-refractivity contribution is -0.121. The van der Waals surface area contributed by atoms with E-state index in [9.17, 15) is 14.4 Å². The van der Waals surface area contributed by atoms with E-state index >= 15 is 0 Å². The highest BCUT2D eigenvalue weighted by Crippen LogP contribution is 2.33. The molecule has 1 atom stereocenters. The smallest absolute Gasteiger partial charge is 0.337 e. The van der Waals surface area contributed by atoms with Crippen LogP contribution in [0.25, 0.3) is 0 Å². The van der Waals surface area contributed by atoms with Crippen LogP contribution in [0.1, 0.15) is 29.3 Å². The number of amides is 2. The van der Waals surface area contributed by atoms with Gasteiger partial charge in [0.2, 0.25) is 18.6 Å². The van der Waals surface area contributed by atoms with Crippen molar-refractivity contribution in [2.45, 2.75) is 25.1 Å². The molecule has 0 saturated carbocycles. The number of anilines is 1. The Bertz CT molecular complexity index is 1100. The lowest BCUT2D eigenvalue weighted by atomic mass is 10.2. The van der Waals surface area contributed by atoms with Crippen molar-refractivity contribution in [2.24, 2.45) is 4.99 Å². The SMILES string of the molecule is CCNC(=NCc1ccc2c(c1)OCO2)S[C@@H]1CC(=O)N(c2ccc(C(=O)OC)cc2)C1=O. The first kappa shape index (κ1) is 22.7. The molecule has 172 valence electrons. The molecule has 33 heavy (non-hydrogen) atoms. The van der Waals surface area contributed by atoms with E-state index in [1.54, 1.807) is 12.1 Å². The number of fused-ring (bicyclic) bond motifs is 1. The van der Waals surface area contributed by atoms with Crippen LogP contribution in [0.5, 0.6) is 11.5 Å². The molecule has 9 nitrogen and oxygen atoms in total. The van der Waals surface area contributed by atoms with E-state index in [1.807, 2.05) is 25.1 Å². The number of nitrogens with one attached hydrogen (secondary N) is 1. The van der Waals surface area contributed by atoms with Crippen LogP contribution < -0.4 is 19.7 Å². The van der Waals surface area contributed by atoms with Gasteiger partial charge in [0.05, 0.1) is 24.9 Å². The summed E-state index contributed by atoms with van der Waals surface area (Å²) in [5.41, 5.74) is 1.70. The second kappa shape index (κ2) is 9.95. The third-order valence-electron chi connectivity index (χ3n) is 5.08. The summed E-state index contributed by atoms with van der Waals surface area (Å²) in [7, 11) is 1.29. The first-order valence-corrected chi connectivity index (χ1v) is 11.3. The third kappa shape index (κ3) is 4.95. The number of hydrogen-bond acceptors (Lipinski definition) is 8. The number of methoxy groups -OCH3 is 1. The molecule has 1 N–H and O–H groups in total. The molecular weight excluding hydrogens is 446 g/mol. The standard InChI is InChI=1S/C23H23N3O6S/c1-3-24-23(25-12-14-4-9-17-18(10-14)32-13-31-17)33-19-11-20(27)26(21(19)28)16-7-5-15(6-8-16)22(29)30-2/h4-10,19H,3,11-13H2,1-2H3,(H,24,25)/t19-/m1/s1. The Morgan fingerprint density at radius 3 is 2.67 bits per heavy atom. The van der Waals surface area contributed by atoms with Gasteiger partial charge in [0.25, 0.3) is 0 Å². The number of thioether (sulfide) groups is 1. The molecule has 2 aromatic rings. The minimum atomic E-state index is -0.590. The largest absolute Gasteiger partial charge is 0.465 e. The molecule has 1 fully saturated rings. The van der Waals surface area contributed by atoms with E-state index in [0.29, 0.717) is 41.0 Å². The highest BCUT2D eigenvalue weighted by atomic mass is 32.2. The molecule has 2 aromatic carbocycles. The number of amidine groups is 1. The number of rotatable bonds is 6. The zero-order valence-corrected chi connectivity index (χ0v) is 19.0. The van der Waals surface area contributed by atoms with Crippen molar-refractivity contribution < 1.29 is 28.6 Å². The Morgan fingerprint density at radius 2 is 1.94 bits per heavy atom. The molecule has 0 aliphatic carbocycles. The van der Waals surface area contributed by atoms with Gasteiger partial charge in [0, 0.05) is 13.0 Å². The van der Waals surface area contributed by atoms with Gasteiger partial charge < -0.3 is 19.5 Å². The monoisotopic (exact) mass is 469 g/mol. The van der Waals surface area contributed by atoms with E-state index in [4.69, 9.17) is 9.47 Å². The molecule has 10 heteroatoms. The summed E-state index contributed by atoms with van der Waals surface area (Å²) in [6.45, 7) is 3.16. The first-order valence-electron chi connectivity index (χ1n) is 10.4. The molecule has 4 rings (SSSR count). The maximum Gasteiger partial charge on any atom is 0.337 e. The van der Waals surface area contributed by atoms with Gasteiger partial charge in [0.15, 0.2) is 16.7 Å². The fourth-order valence-electron chi connectivity index (χ4n) is 3.46. The van der Waals surface area contributed by atoms with Gasteiger partial charge in [-0.15, -0.1) is 0 Å². The van der Waals surface area contributed by atoms with Crippen LogP contribution in [0.4, 0.5) is 5.69 Å². The summed E-state index contributed by atoms with van der Waals surface area (Å²) in [6, 6.07) is 11.8. The summed E-state index contributed by atoms with van der Waals surface area (Å²) in [6.07, 6.45) is 0.0662. The van der Waals surface area contributed by atoms with E-state index in [0.717, 1.165) is 10.5 Å². The van der Waals surface area contributed by atoms with Gasteiger partial charge in [-0.05, 0) is 48.9 Å². The van der Waals surface area contributed by atoms with Crippen molar-refractivity contribution in [3.63, 3.8) is 0 Å². The Morgan fingerprint density at radius 1 is 1.18 bits per heavy atom. The van der Waals surface area contributed by atoms with Crippen LogP contribution in [0.15, 0.2) is 47.5 Å². The van der Waals surface area contributed by atoms with Crippen molar-refractivity contribution in [1.29, 1.82) is 0 Å². The van der Waals surface area contributed by atoms with Crippen LogP contribution in [-0.4, -0.2) is 48.6 Å². The van der Waals surface area contributed by atoms with Gasteiger partial charge >= 0.3 is 5.97 Å². The van der Waals surface area contributed by atoms with Crippen LogP contribution in [0.2, 0.25) is 0 Å². The molecule has 0 radical (unpaired) electrons. The third-order valence-corrected chi connectivity index (χ3v) is 6.23. The number of nitrogens with zero attached hydrogens (tertiary/aromatic N) is 2. The molecule has 2 amide bonds. The van der Waals surface area contributed by atoms with Crippen molar-refractivity contribution in [3.05, 3.63) is 53.6 Å². The summed E-state index contributed by atoms with van der Waals surface area (Å²) >= 11 is 1.24. The number of esters is 1. The average Bonchev–Trinajstić information content (AvgIpc) is 3.40. The molecule has 0 unspecified atom stereocenters. The Hall–Kier alpha value is -3.53. The number of carbonyl (C=O) groups is 3. The van der Waals surface area contributed by atoms with Crippen LogP contribution in [-0.2, 0) is 20.9 Å². The van der Waals surface area contributed by atoms with E-state index < -0.39 is 11.2 Å². The zero-order valence-electron chi connectivity index (χ0n) is 18.2. The number of carbonyl (C=O) groups excluding carboxylic acids is 3. The van der Waals surface area contributed by atoms with E-state index in [-0.39, 0.29) is 25.0 Å². The Kier molecular flexibility index (Phi) is 6.83. The minimum Gasteiger partial charge on any atom is -0.465 e. The molecule has 0 aromatic heterocycles. The second-order valence-electron chi connectivity index (χ2n) is 7.26. The maximum absolute atomic E-state index is 13.0. The Labute approximate surface area is 195 Å². The summed E-state index contributed by atoms with van der Waals surface area (Å²) in [5.74, 6) is 0.298. The molecule has 1 saturated heterocycles. The zero-order chi connectivity index (χ0) is 23.4. The number of hydrogen-bond donors (Lipinski definition) is 1. The van der Waals surface area contributed by atoms with Gasteiger partial charge in [-0.3, -0.25) is 14.6 Å². The van der Waals surface area contributed by atoms with E-state index in [2.05, 4.69) is 15.0 Å². The lowest BCUT2D eigenvalue weighted by Crippen LogP contribution is -2.32. The van der Waals surface area contributed by atoms with Crippen molar-refractivity contribution in [1.82, 2.24) is 5.32 Å². The average molecular weight is 470 g/mol. The number of ether oxygens (including phenoxy) is 3. The molecular formula is C23H23N3O6S. The second-order valence-corrected chi connectivity index (χ2v) is 8.45. The highest BCUT2D eigenvalue weighted by Gasteiger charge is 2.40. The minimum absolute atomic E-state index is 0.0662. The molecule has 2 aliphatic rings. The predicted octanol–water partition coefficient (Wildman–Crippen LogP) is 2.73. The first-order chi connectivity index (χ1) is 16.0. The van der Waals surface area contributed by atoms with Crippen molar-refractivity contribution >= 4 is 40.4 Å². The molecule has 0 spiro atoms. The van der Waals surface area contributed by atoms with Crippen LogP contribution >= 0.6 is 11.8 Å². The summed E-state index contributed by atoms with van der Waals surface area (Å²) in [5, 5.41) is 3.17. The van der Waals surface area contributed by atoms with Crippen molar-refractivity contribution in [3.8, 4) is 11.5 Å². The fraction of sp³-hybridized carbons (Fsp3) is 0.304. The number of benzene rings is 2. The van der Waals surface area contributed by atoms with Gasteiger partial charge in [-0.25, -0.2) is 9.69 Å². The summed E-state index contributed by atoms with van der Waals surface area (Å²) < 4.78 is 15.4. The van der Waals surface area contributed by atoms with E-state index in [1.165, 1.54) is 31.0 Å². The topological polar surface area (TPSA) is 107 Å². The Balaban J connectivity index is 1.45. The van der Waals surface area contributed by atoms with Gasteiger partial charge in [-0.2, -0.15) is 0 Å². The van der Waals surface area contributed by atoms with Crippen molar-refractivity contribution in [2.75, 3.05) is 25.3 Å². The molecule has 2 aliphatic heterocycles. The van der Waals surface area contributed by atoms with Gasteiger partial charge in [0.1, 0.15) is 5.25 Å². The highest BCUT2D eigenvalue weighted by molar-refractivity contribution is 8.15. The van der Waals surface area contributed by atoms with Crippen LogP contribution in [0, 0.1) is 0 Å². The number of imide groups is 1. The normalized spacial score (nSPS) is 17.5. The quantitative estimate of drug-likeness (QED) is 0.298. The summed E-state index contributed by atoms with van der Waals surface area (Å²) in [4.78, 5) is 43.0.